The predicted octanol–water partition coefficient (Wildman–Crippen LogP) is 2.85. The number of para-hydroxylation sites is 1. The van der Waals surface area contributed by atoms with Crippen molar-refractivity contribution < 1.29 is 9.84 Å². The zero-order chi connectivity index (χ0) is 13.0. The molecule has 5 heteroatoms. The number of ether oxygens (including phenoxy) is 1. The second kappa shape index (κ2) is 3.90. The highest BCUT2D eigenvalue weighted by Crippen LogP contribution is 2.57. The summed E-state index contributed by atoms with van der Waals surface area (Å²) in [5, 5.41) is 12.5. The fourth-order valence-electron chi connectivity index (χ4n) is 2.95. The zero-order valence-corrected chi connectivity index (χ0v) is 12.0. The molecular formula is C14H12NO2S2-. The molecule has 98 valence electrons. The molecule has 3 nitrogen and oxygen atoms in total. The SMILES string of the molecule is C[C@@]12COc3ccccc3[C@@H]1c1sc([O-])nc1SC2. The number of fused-ring (bicyclic) bond motifs is 5. The topological polar surface area (TPSA) is 45.2 Å². The molecule has 2 aromatic rings. The van der Waals surface area contributed by atoms with Crippen LogP contribution in [0, 0.1) is 5.41 Å². The lowest BCUT2D eigenvalue weighted by atomic mass is 9.72. The van der Waals surface area contributed by atoms with Gasteiger partial charge in [-0.3, -0.25) is 0 Å². The highest BCUT2D eigenvalue weighted by molar-refractivity contribution is 7.99. The highest BCUT2D eigenvalue weighted by atomic mass is 32.2. The fourth-order valence-corrected chi connectivity index (χ4v) is 5.42. The molecule has 0 radical (unpaired) electrons. The van der Waals surface area contributed by atoms with Crippen LogP contribution in [0.3, 0.4) is 0 Å². The summed E-state index contributed by atoms with van der Waals surface area (Å²) >= 11 is 2.98. The molecule has 2 aliphatic heterocycles. The molecule has 0 bridgehead atoms. The van der Waals surface area contributed by atoms with Crippen LogP contribution in [0.4, 0.5) is 0 Å². The Morgan fingerprint density at radius 1 is 1.42 bits per heavy atom. The molecule has 19 heavy (non-hydrogen) atoms. The lowest BCUT2D eigenvalue weighted by Gasteiger charge is -2.44. The number of hydrogen-bond acceptors (Lipinski definition) is 5. The highest BCUT2D eigenvalue weighted by Gasteiger charge is 2.46. The number of aromatic nitrogens is 1. The second-order valence-corrected chi connectivity index (χ2v) is 7.31. The molecule has 0 amide bonds. The Balaban J connectivity index is 1.95. The largest absolute Gasteiger partial charge is 0.851 e. The van der Waals surface area contributed by atoms with E-state index in [0.717, 1.165) is 21.4 Å². The Labute approximate surface area is 119 Å². The van der Waals surface area contributed by atoms with Gasteiger partial charge in [0.1, 0.15) is 10.8 Å². The molecule has 3 heterocycles. The average molecular weight is 290 g/mol. The predicted molar refractivity (Wildman–Crippen MR) is 74.2 cm³/mol. The quantitative estimate of drug-likeness (QED) is 0.748. The van der Waals surface area contributed by atoms with E-state index in [1.165, 1.54) is 16.9 Å². The van der Waals surface area contributed by atoms with Crippen molar-refractivity contribution in [3.63, 3.8) is 0 Å². The van der Waals surface area contributed by atoms with Crippen molar-refractivity contribution in [2.24, 2.45) is 5.41 Å². The normalized spacial score (nSPS) is 27.9. The molecule has 2 aliphatic rings. The maximum atomic E-state index is 11.6. The molecule has 0 unspecified atom stereocenters. The molecular weight excluding hydrogens is 278 g/mol. The Hall–Kier alpha value is -1.20. The third-order valence-corrected chi connectivity index (χ3v) is 6.32. The van der Waals surface area contributed by atoms with E-state index >= 15 is 0 Å². The van der Waals surface area contributed by atoms with Crippen molar-refractivity contribution in [1.82, 2.24) is 4.98 Å². The first-order valence-corrected chi connectivity index (χ1v) is 8.00. The summed E-state index contributed by atoms with van der Waals surface area (Å²) < 4.78 is 5.91. The monoisotopic (exact) mass is 290 g/mol. The lowest BCUT2D eigenvalue weighted by molar-refractivity contribution is -0.268. The van der Waals surface area contributed by atoms with Gasteiger partial charge < -0.3 is 9.84 Å². The van der Waals surface area contributed by atoms with Gasteiger partial charge in [-0.25, -0.2) is 4.98 Å². The Morgan fingerprint density at radius 3 is 3.16 bits per heavy atom. The molecule has 0 saturated heterocycles. The lowest BCUT2D eigenvalue weighted by Crippen LogP contribution is -2.40. The van der Waals surface area contributed by atoms with Gasteiger partial charge in [0.15, 0.2) is 0 Å². The summed E-state index contributed by atoms with van der Waals surface area (Å²) in [4.78, 5) is 5.26. The first-order chi connectivity index (χ1) is 9.17. The van der Waals surface area contributed by atoms with E-state index in [2.05, 4.69) is 18.0 Å². The van der Waals surface area contributed by atoms with Crippen molar-refractivity contribution >= 4 is 23.1 Å². The van der Waals surface area contributed by atoms with Crippen molar-refractivity contribution in [2.75, 3.05) is 12.4 Å². The van der Waals surface area contributed by atoms with Crippen LogP contribution in [0.25, 0.3) is 0 Å². The minimum absolute atomic E-state index is 0.0466. The fraction of sp³-hybridized carbons (Fsp3) is 0.357. The van der Waals surface area contributed by atoms with Gasteiger partial charge >= 0.3 is 0 Å². The molecule has 1 aromatic carbocycles. The summed E-state index contributed by atoms with van der Waals surface area (Å²) in [5.74, 6) is 2.14. The Morgan fingerprint density at radius 2 is 2.26 bits per heavy atom. The summed E-state index contributed by atoms with van der Waals surface area (Å²) in [6.45, 7) is 2.95. The van der Waals surface area contributed by atoms with E-state index in [4.69, 9.17) is 4.74 Å². The van der Waals surface area contributed by atoms with Crippen LogP contribution in [0.1, 0.15) is 23.3 Å². The first-order valence-electron chi connectivity index (χ1n) is 6.20. The summed E-state index contributed by atoms with van der Waals surface area (Å²) in [7, 11) is 0. The van der Waals surface area contributed by atoms with Crippen LogP contribution < -0.4 is 9.84 Å². The molecule has 2 atom stereocenters. The summed E-state index contributed by atoms with van der Waals surface area (Å²) in [5.41, 5.74) is 1.24. The minimum atomic E-state index is -0.0780. The van der Waals surface area contributed by atoms with Crippen molar-refractivity contribution in [3.05, 3.63) is 34.7 Å². The third-order valence-electron chi connectivity index (χ3n) is 3.89. The van der Waals surface area contributed by atoms with Crippen LogP contribution in [-0.2, 0) is 0 Å². The van der Waals surface area contributed by atoms with Crippen LogP contribution >= 0.6 is 23.1 Å². The van der Waals surface area contributed by atoms with Crippen molar-refractivity contribution in [3.8, 4) is 10.9 Å². The van der Waals surface area contributed by atoms with Crippen molar-refractivity contribution in [2.45, 2.75) is 17.9 Å². The van der Waals surface area contributed by atoms with E-state index in [9.17, 15) is 5.11 Å². The van der Waals surface area contributed by atoms with Gasteiger partial charge in [-0.2, -0.15) is 0 Å². The molecule has 0 aliphatic carbocycles. The molecule has 4 rings (SSSR count). The number of hydrogen-bond donors (Lipinski definition) is 0. The third kappa shape index (κ3) is 1.61. The van der Waals surface area contributed by atoms with Gasteiger partial charge in [-0.15, -0.1) is 23.1 Å². The Bertz CT molecular complexity index is 655. The molecule has 0 N–H and O–H groups in total. The molecule has 1 aromatic heterocycles. The number of benzene rings is 1. The van der Waals surface area contributed by atoms with E-state index in [1.807, 2.05) is 18.2 Å². The van der Waals surface area contributed by atoms with Crippen LogP contribution in [-0.4, -0.2) is 17.3 Å². The van der Waals surface area contributed by atoms with Crippen molar-refractivity contribution in [1.29, 1.82) is 0 Å². The van der Waals surface area contributed by atoms with Gasteiger partial charge in [0.05, 0.1) is 6.61 Å². The number of nitrogens with zero attached hydrogens (tertiary/aromatic N) is 1. The Kier molecular flexibility index (Phi) is 2.38. The van der Waals surface area contributed by atoms with E-state index in [1.54, 1.807) is 11.8 Å². The summed E-state index contributed by atoms with van der Waals surface area (Å²) in [6, 6.07) is 8.15. The van der Waals surface area contributed by atoms with Gasteiger partial charge in [0.2, 0.25) is 0 Å². The summed E-state index contributed by atoms with van der Waals surface area (Å²) in [6.07, 6.45) is 0. The minimum Gasteiger partial charge on any atom is -0.851 e. The van der Waals surface area contributed by atoms with E-state index < -0.39 is 0 Å². The van der Waals surface area contributed by atoms with E-state index in [-0.39, 0.29) is 16.5 Å². The average Bonchev–Trinajstić information content (AvgIpc) is 2.78. The van der Waals surface area contributed by atoms with Crippen LogP contribution in [0.5, 0.6) is 10.9 Å². The number of thioether (sulfide) groups is 1. The standard InChI is InChI=1S/C14H13NO2S2/c1-14-6-17-9-5-3-2-4-8(9)10(14)11-12(18-7-14)15-13(16)19-11/h2-5,10H,6-7H2,1H3,(H,15,16)/p-1/t10-,14+/m1/s1. The van der Waals surface area contributed by atoms with Gasteiger partial charge in [-0.1, -0.05) is 25.1 Å². The smallest absolute Gasteiger partial charge is 0.123 e. The van der Waals surface area contributed by atoms with Gasteiger partial charge in [0, 0.05) is 32.7 Å². The second-order valence-electron chi connectivity index (χ2n) is 5.35. The molecule has 0 saturated carbocycles. The first kappa shape index (κ1) is 11.6. The number of thiazole rings is 1. The van der Waals surface area contributed by atoms with Gasteiger partial charge in [-0.05, 0) is 6.07 Å². The van der Waals surface area contributed by atoms with Gasteiger partial charge in [0.25, 0.3) is 0 Å². The molecule has 0 fully saturated rings. The van der Waals surface area contributed by atoms with Crippen LogP contribution in [0.15, 0.2) is 29.3 Å². The van der Waals surface area contributed by atoms with Crippen LogP contribution in [0.2, 0.25) is 0 Å². The number of rotatable bonds is 0. The maximum absolute atomic E-state index is 11.6. The molecule has 0 spiro atoms. The zero-order valence-electron chi connectivity index (χ0n) is 10.4. The van der Waals surface area contributed by atoms with E-state index in [0.29, 0.717) is 6.61 Å². The maximum Gasteiger partial charge on any atom is 0.123 e.